The minimum atomic E-state index is -0.448. The van der Waals surface area contributed by atoms with E-state index < -0.39 is 11.9 Å². The summed E-state index contributed by atoms with van der Waals surface area (Å²) in [6.07, 6.45) is 0. The van der Waals surface area contributed by atoms with Gasteiger partial charge in [-0.3, -0.25) is 9.59 Å². The topological polar surface area (TPSA) is 72.6 Å². The molecule has 0 heterocycles. The Morgan fingerprint density at radius 3 is 2.50 bits per heavy atom. The largest absolute Gasteiger partial charge is 0.455 e. The first-order valence-electron chi connectivity index (χ1n) is 6.60. The maximum absolute atomic E-state index is 11.9. The van der Waals surface area contributed by atoms with Gasteiger partial charge in [0, 0.05) is 18.8 Å². The van der Waals surface area contributed by atoms with E-state index in [1.165, 1.54) is 0 Å². The Hall–Kier alpha value is -2.04. The maximum Gasteiger partial charge on any atom is 0.313 e. The van der Waals surface area contributed by atoms with Crippen molar-refractivity contribution >= 4 is 17.6 Å². The molecule has 0 spiro atoms. The van der Waals surface area contributed by atoms with Crippen LogP contribution in [0.2, 0.25) is 0 Å². The summed E-state index contributed by atoms with van der Waals surface area (Å²) in [6.45, 7) is 5.29. The predicted molar refractivity (Wildman–Crippen MR) is 78.1 cm³/mol. The number of nitrogens with zero attached hydrogens (tertiary/aromatic N) is 1. The van der Waals surface area contributed by atoms with Crippen molar-refractivity contribution in [1.29, 1.82) is 0 Å². The van der Waals surface area contributed by atoms with Crippen LogP contribution in [0.25, 0.3) is 0 Å². The van der Waals surface area contributed by atoms with Crippen molar-refractivity contribution in [2.75, 3.05) is 19.4 Å². The number of esters is 1. The lowest BCUT2D eigenvalue weighted by molar-refractivity contribution is -0.153. The zero-order valence-electron chi connectivity index (χ0n) is 12.4. The highest BCUT2D eigenvalue weighted by Crippen LogP contribution is 2.19. The molecule has 2 N–H and O–H groups in total. The third-order valence-electron chi connectivity index (χ3n) is 3.27. The number of amides is 1. The van der Waals surface area contributed by atoms with Gasteiger partial charge in [0.2, 0.25) is 0 Å². The number of likely N-dealkylation sites (N-methyl/N-ethyl adjacent to an activating group) is 1. The van der Waals surface area contributed by atoms with Crippen molar-refractivity contribution in [3.8, 4) is 0 Å². The summed E-state index contributed by atoms with van der Waals surface area (Å²) in [5, 5.41) is 0. The van der Waals surface area contributed by atoms with Crippen molar-refractivity contribution in [1.82, 2.24) is 4.90 Å². The lowest BCUT2D eigenvalue weighted by Crippen LogP contribution is -2.36. The first-order valence-corrected chi connectivity index (χ1v) is 6.60. The minimum absolute atomic E-state index is 0.0764. The first kappa shape index (κ1) is 16.0. The standard InChI is InChI=1S/C15H22N2O3/c1-10(2)17(4)14(18)9-20-15(19)11(3)12-6-5-7-13(16)8-12/h5-8,10-11H,9,16H2,1-4H3. The van der Waals surface area contributed by atoms with E-state index in [4.69, 9.17) is 10.5 Å². The van der Waals surface area contributed by atoms with Crippen LogP contribution in [0.3, 0.4) is 0 Å². The average molecular weight is 278 g/mol. The van der Waals surface area contributed by atoms with Gasteiger partial charge >= 0.3 is 5.97 Å². The summed E-state index contributed by atoms with van der Waals surface area (Å²) in [7, 11) is 1.68. The maximum atomic E-state index is 11.9. The highest BCUT2D eigenvalue weighted by atomic mass is 16.5. The van der Waals surface area contributed by atoms with Crippen LogP contribution in [0.15, 0.2) is 24.3 Å². The SMILES string of the molecule is CC(C(=O)OCC(=O)N(C)C(C)C)c1cccc(N)c1. The number of nitrogens with two attached hydrogens (primary N) is 1. The van der Waals surface area contributed by atoms with E-state index in [1.54, 1.807) is 37.1 Å². The summed E-state index contributed by atoms with van der Waals surface area (Å²) in [6, 6.07) is 7.15. The molecule has 0 aliphatic carbocycles. The van der Waals surface area contributed by atoms with Crippen molar-refractivity contribution in [2.24, 2.45) is 0 Å². The summed E-state index contributed by atoms with van der Waals surface area (Å²) in [5.41, 5.74) is 7.05. The fraction of sp³-hybridized carbons (Fsp3) is 0.467. The van der Waals surface area contributed by atoms with Crippen LogP contribution in [0.5, 0.6) is 0 Å². The second-order valence-corrected chi connectivity index (χ2v) is 5.10. The van der Waals surface area contributed by atoms with Crippen LogP contribution in [-0.2, 0) is 14.3 Å². The molecule has 0 saturated carbocycles. The summed E-state index contributed by atoms with van der Waals surface area (Å²) < 4.78 is 5.06. The Bertz CT molecular complexity index is 486. The Kier molecular flexibility index (Phi) is 5.55. The molecule has 110 valence electrons. The van der Waals surface area contributed by atoms with Gasteiger partial charge in [0.05, 0.1) is 5.92 Å². The number of hydrogen-bond acceptors (Lipinski definition) is 4. The molecule has 1 rings (SSSR count). The van der Waals surface area contributed by atoms with Crippen molar-refractivity contribution < 1.29 is 14.3 Å². The fourth-order valence-corrected chi connectivity index (χ4v) is 1.61. The molecule has 1 atom stereocenters. The third-order valence-corrected chi connectivity index (χ3v) is 3.27. The second kappa shape index (κ2) is 6.93. The van der Waals surface area contributed by atoms with Crippen molar-refractivity contribution in [3.05, 3.63) is 29.8 Å². The van der Waals surface area contributed by atoms with Gasteiger partial charge in [-0.1, -0.05) is 12.1 Å². The molecule has 1 amide bonds. The van der Waals surface area contributed by atoms with Crippen LogP contribution in [0.1, 0.15) is 32.3 Å². The Balaban J connectivity index is 2.57. The number of carbonyl (C=O) groups excluding carboxylic acids is 2. The molecule has 1 aromatic rings. The fourth-order valence-electron chi connectivity index (χ4n) is 1.61. The summed E-state index contributed by atoms with van der Waals surface area (Å²) in [5.74, 6) is -1.09. The lowest BCUT2D eigenvalue weighted by Gasteiger charge is -2.21. The van der Waals surface area contributed by atoms with Crippen LogP contribution in [-0.4, -0.2) is 36.5 Å². The second-order valence-electron chi connectivity index (χ2n) is 5.10. The first-order chi connectivity index (χ1) is 9.32. The van der Waals surface area contributed by atoms with Gasteiger partial charge in [-0.25, -0.2) is 0 Å². The number of carbonyl (C=O) groups is 2. The van der Waals surface area contributed by atoms with E-state index in [9.17, 15) is 9.59 Å². The van der Waals surface area contributed by atoms with E-state index in [1.807, 2.05) is 19.9 Å². The molecular formula is C15H22N2O3. The number of anilines is 1. The number of rotatable bonds is 5. The zero-order chi connectivity index (χ0) is 15.3. The Labute approximate surface area is 119 Å². The normalized spacial score (nSPS) is 12.1. The molecule has 0 aliphatic rings. The summed E-state index contributed by atoms with van der Waals surface area (Å²) in [4.78, 5) is 25.2. The molecular weight excluding hydrogens is 256 g/mol. The van der Waals surface area contributed by atoms with Crippen LogP contribution < -0.4 is 5.73 Å². The van der Waals surface area contributed by atoms with Crippen molar-refractivity contribution in [2.45, 2.75) is 32.7 Å². The number of ether oxygens (including phenoxy) is 1. The van der Waals surface area contributed by atoms with E-state index in [-0.39, 0.29) is 18.6 Å². The van der Waals surface area contributed by atoms with Gasteiger partial charge in [0.1, 0.15) is 0 Å². The zero-order valence-corrected chi connectivity index (χ0v) is 12.4. The van der Waals surface area contributed by atoms with Gasteiger partial charge in [-0.2, -0.15) is 0 Å². The van der Waals surface area contributed by atoms with Crippen LogP contribution >= 0.6 is 0 Å². The van der Waals surface area contributed by atoms with E-state index in [2.05, 4.69) is 0 Å². The van der Waals surface area contributed by atoms with Crippen molar-refractivity contribution in [3.63, 3.8) is 0 Å². The van der Waals surface area contributed by atoms with E-state index in [0.717, 1.165) is 5.56 Å². The molecule has 5 nitrogen and oxygen atoms in total. The highest BCUT2D eigenvalue weighted by Gasteiger charge is 2.20. The molecule has 0 saturated heterocycles. The molecule has 1 unspecified atom stereocenters. The molecule has 1 aromatic carbocycles. The molecule has 0 aliphatic heterocycles. The van der Waals surface area contributed by atoms with E-state index >= 15 is 0 Å². The highest BCUT2D eigenvalue weighted by molar-refractivity contribution is 5.83. The molecule has 0 bridgehead atoms. The molecule has 0 aromatic heterocycles. The number of benzene rings is 1. The molecule has 20 heavy (non-hydrogen) atoms. The van der Waals surface area contributed by atoms with Gasteiger partial charge in [0.25, 0.3) is 5.91 Å². The average Bonchev–Trinajstić information content (AvgIpc) is 2.42. The predicted octanol–water partition coefficient (Wildman–Crippen LogP) is 1.78. The van der Waals surface area contributed by atoms with Gasteiger partial charge in [-0.15, -0.1) is 0 Å². The third kappa shape index (κ3) is 4.26. The van der Waals surface area contributed by atoms with Crippen LogP contribution in [0.4, 0.5) is 5.69 Å². The molecule has 0 radical (unpaired) electrons. The quantitative estimate of drug-likeness (QED) is 0.658. The molecule has 5 heteroatoms. The number of hydrogen-bond donors (Lipinski definition) is 1. The van der Waals surface area contributed by atoms with Gasteiger partial charge in [-0.05, 0) is 38.5 Å². The van der Waals surface area contributed by atoms with Gasteiger partial charge < -0.3 is 15.4 Å². The smallest absolute Gasteiger partial charge is 0.313 e. The Morgan fingerprint density at radius 1 is 1.30 bits per heavy atom. The lowest BCUT2D eigenvalue weighted by atomic mass is 10.0. The van der Waals surface area contributed by atoms with E-state index in [0.29, 0.717) is 5.69 Å². The Morgan fingerprint density at radius 2 is 1.95 bits per heavy atom. The van der Waals surface area contributed by atoms with Gasteiger partial charge in [0.15, 0.2) is 6.61 Å². The van der Waals surface area contributed by atoms with Crippen LogP contribution in [0, 0.1) is 0 Å². The number of nitrogen functional groups attached to an aromatic ring is 1. The monoisotopic (exact) mass is 278 g/mol. The minimum Gasteiger partial charge on any atom is -0.455 e. The molecule has 0 fully saturated rings. The summed E-state index contributed by atoms with van der Waals surface area (Å²) >= 11 is 0.